The van der Waals surface area contributed by atoms with E-state index in [1.54, 1.807) is 0 Å². The maximum Gasteiger partial charge on any atom is 0.225 e. The van der Waals surface area contributed by atoms with Gasteiger partial charge in [0.05, 0.1) is 20.6 Å². The average molecular weight is 243 g/mol. The van der Waals surface area contributed by atoms with Crippen molar-refractivity contribution in [1.82, 2.24) is 5.32 Å². The molecule has 0 aromatic rings. The van der Waals surface area contributed by atoms with Crippen molar-refractivity contribution in [3.63, 3.8) is 0 Å². The second-order valence-electron chi connectivity index (χ2n) is 6.24. The molecule has 0 radical (unpaired) electrons. The molecule has 0 heterocycles. The highest BCUT2D eigenvalue weighted by Crippen LogP contribution is 2.12. The zero-order valence-corrected chi connectivity index (χ0v) is 11.8. The van der Waals surface area contributed by atoms with Crippen molar-refractivity contribution in [1.29, 1.82) is 0 Å². The maximum atomic E-state index is 11.6. The Balaban J connectivity index is 3.86. The molecule has 0 aliphatic heterocycles. The smallest absolute Gasteiger partial charge is 0.225 e. The summed E-state index contributed by atoms with van der Waals surface area (Å²) in [4.78, 5) is 11.6. The average Bonchev–Trinajstić information content (AvgIpc) is 2.08. The van der Waals surface area contributed by atoms with Crippen LogP contribution < -0.4 is 5.32 Å². The molecule has 0 aromatic heterocycles. The van der Waals surface area contributed by atoms with Crippen LogP contribution in [0.15, 0.2) is 12.3 Å². The van der Waals surface area contributed by atoms with E-state index in [9.17, 15) is 4.79 Å². The van der Waals surface area contributed by atoms with Crippen LogP contribution in [0, 0.1) is 5.41 Å². The zero-order chi connectivity index (χ0) is 13.7. The van der Waals surface area contributed by atoms with Crippen molar-refractivity contribution in [2.45, 2.75) is 27.2 Å². The van der Waals surface area contributed by atoms with Crippen LogP contribution in [-0.2, 0) is 4.79 Å². The summed E-state index contributed by atoms with van der Waals surface area (Å²) in [6, 6.07) is 0. The number of likely N-dealkylation sites (N-methyl/N-ethyl adjacent to an activating group) is 1. The summed E-state index contributed by atoms with van der Waals surface area (Å²) in [5, 5.41) is 12.1. The molecule has 0 spiro atoms. The van der Waals surface area contributed by atoms with Crippen molar-refractivity contribution < 1.29 is 14.4 Å². The third-order valence-electron chi connectivity index (χ3n) is 2.52. The Morgan fingerprint density at radius 1 is 1.35 bits per heavy atom. The number of hydrogen-bond donors (Lipinski definition) is 2. The molecule has 0 saturated carbocycles. The van der Waals surface area contributed by atoms with Crippen LogP contribution in [0.4, 0.5) is 0 Å². The van der Waals surface area contributed by atoms with E-state index in [4.69, 9.17) is 5.11 Å². The van der Waals surface area contributed by atoms with Gasteiger partial charge < -0.3 is 14.9 Å². The highest BCUT2D eigenvalue weighted by atomic mass is 16.3. The van der Waals surface area contributed by atoms with Gasteiger partial charge in [0.15, 0.2) is 0 Å². The summed E-state index contributed by atoms with van der Waals surface area (Å²) in [6.45, 7) is 11.3. The van der Waals surface area contributed by atoms with Gasteiger partial charge in [0, 0.05) is 18.4 Å². The predicted octanol–water partition coefficient (Wildman–Crippen LogP) is 1.69. The molecule has 17 heavy (non-hydrogen) atoms. The first-order chi connectivity index (χ1) is 7.54. The molecule has 1 amide bonds. The minimum absolute atomic E-state index is 0.0781. The van der Waals surface area contributed by atoms with Gasteiger partial charge in [-0.25, -0.2) is 0 Å². The summed E-state index contributed by atoms with van der Waals surface area (Å²) >= 11 is 0. The fraction of sp³-hybridized carbons (Fsp3) is 0.769. The molecular weight excluding hydrogens is 216 g/mol. The number of quaternary nitrogens is 1. The van der Waals surface area contributed by atoms with Crippen LogP contribution in [0.5, 0.6) is 0 Å². The van der Waals surface area contributed by atoms with E-state index in [-0.39, 0.29) is 17.1 Å². The molecule has 4 nitrogen and oxygen atoms in total. The van der Waals surface area contributed by atoms with Gasteiger partial charge in [-0.1, -0.05) is 27.4 Å². The van der Waals surface area contributed by atoms with Gasteiger partial charge in [-0.05, 0) is 0 Å². The molecule has 0 aliphatic rings. The quantitative estimate of drug-likeness (QED) is 0.424. The number of nitrogens with zero attached hydrogens (tertiary/aromatic N) is 1. The van der Waals surface area contributed by atoms with Crippen molar-refractivity contribution in [2.24, 2.45) is 5.41 Å². The van der Waals surface area contributed by atoms with Gasteiger partial charge in [0.1, 0.15) is 12.3 Å². The van der Waals surface area contributed by atoms with Crippen molar-refractivity contribution in [3.05, 3.63) is 12.3 Å². The minimum Gasteiger partial charge on any atom is -0.507 e. The zero-order valence-electron chi connectivity index (χ0n) is 11.8. The Kier molecular flexibility index (Phi) is 5.69. The van der Waals surface area contributed by atoms with E-state index in [0.29, 0.717) is 17.6 Å². The number of nitrogens with one attached hydrogen (secondary N) is 1. The molecule has 100 valence electrons. The van der Waals surface area contributed by atoms with E-state index in [2.05, 4.69) is 11.9 Å². The number of amides is 1. The molecule has 0 aromatic carbocycles. The molecular formula is C13H27N2O2+. The van der Waals surface area contributed by atoms with E-state index < -0.39 is 0 Å². The van der Waals surface area contributed by atoms with Gasteiger partial charge in [0.25, 0.3) is 0 Å². The number of aliphatic hydroxyl groups excluding tert-OH is 1. The standard InChI is InChI=1S/C13H26N2O2/c1-11(16)10-15(5,6)9-7-8-14-12(17)13(2,3)4/h1,7-10H2,2-6H3,(H-,14,16,17)/p+1. The molecule has 0 saturated heterocycles. The molecule has 0 fully saturated rings. The highest BCUT2D eigenvalue weighted by molar-refractivity contribution is 5.81. The van der Waals surface area contributed by atoms with Crippen molar-refractivity contribution >= 4 is 5.91 Å². The number of carbonyl (C=O) groups excluding carboxylic acids is 1. The SMILES string of the molecule is C=C(O)C[N+](C)(C)CCCNC(=O)C(C)(C)C. The number of carbonyl (C=O) groups is 1. The second-order valence-corrected chi connectivity index (χ2v) is 6.24. The second kappa shape index (κ2) is 6.05. The first kappa shape index (κ1) is 16.0. The van der Waals surface area contributed by atoms with Gasteiger partial charge >= 0.3 is 0 Å². The Hall–Kier alpha value is -1.03. The number of hydrogen-bond acceptors (Lipinski definition) is 2. The molecule has 0 aliphatic carbocycles. The molecule has 0 atom stereocenters. The summed E-state index contributed by atoms with van der Waals surface area (Å²) in [5.74, 6) is 0.281. The van der Waals surface area contributed by atoms with Gasteiger partial charge in [0.2, 0.25) is 5.91 Å². The normalized spacial score (nSPS) is 12.3. The Morgan fingerprint density at radius 2 is 1.88 bits per heavy atom. The summed E-state index contributed by atoms with van der Waals surface area (Å²) in [7, 11) is 4.07. The molecule has 4 heteroatoms. The first-order valence-electron chi connectivity index (χ1n) is 6.02. The lowest BCUT2D eigenvalue weighted by Crippen LogP contribution is -2.43. The lowest BCUT2D eigenvalue weighted by atomic mass is 9.96. The van der Waals surface area contributed by atoms with E-state index in [1.165, 1.54) is 0 Å². The van der Waals surface area contributed by atoms with Crippen molar-refractivity contribution in [2.75, 3.05) is 33.7 Å². The minimum atomic E-state index is -0.330. The first-order valence-corrected chi connectivity index (χ1v) is 6.02. The molecule has 0 bridgehead atoms. The lowest BCUT2D eigenvalue weighted by Gasteiger charge is -2.29. The highest BCUT2D eigenvalue weighted by Gasteiger charge is 2.21. The molecule has 2 N–H and O–H groups in total. The Labute approximate surface area is 105 Å². The Morgan fingerprint density at radius 3 is 2.29 bits per heavy atom. The maximum absolute atomic E-state index is 11.6. The van der Waals surface area contributed by atoms with Crippen LogP contribution in [0.1, 0.15) is 27.2 Å². The van der Waals surface area contributed by atoms with E-state index in [0.717, 1.165) is 13.0 Å². The summed E-state index contributed by atoms with van der Waals surface area (Å²) < 4.78 is 0.681. The fourth-order valence-corrected chi connectivity index (χ4v) is 1.55. The van der Waals surface area contributed by atoms with Gasteiger partial charge in [-0.3, -0.25) is 4.79 Å². The van der Waals surface area contributed by atoms with Crippen LogP contribution in [0.25, 0.3) is 0 Å². The molecule has 0 rings (SSSR count). The van der Waals surface area contributed by atoms with Gasteiger partial charge in [-0.15, -0.1) is 0 Å². The monoisotopic (exact) mass is 243 g/mol. The predicted molar refractivity (Wildman–Crippen MR) is 70.7 cm³/mol. The van der Waals surface area contributed by atoms with Crippen LogP contribution in [-0.4, -0.2) is 49.2 Å². The topological polar surface area (TPSA) is 49.3 Å². The van der Waals surface area contributed by atoms with Crippen molar-refractivity contribution in [3.8, 4) is 0 Å². The van der Waals surface area contributed by atoms with E-state index >= 15 is 0 Å². The number of rotatable bonds is 6. The van der Waals surface area contributed by atoms with E-state index in [1.807, 2.05) is 34.9 Å². The van der Waals surface area contributed by atoms with Crippen LogP contribution in [0.3, 0.4) is 0 Å². The van der Waals surface area contributed by atoms with Crippen LogP contribution >= 0.6 is 0 Å². The summed E-state index contributed by atoms with van der Waals surface area (Å²) in [6.07, 6.45) is 0.891. The fourth-order valence-electron chi connectivity index (χ4n) is 1.55. The number of aliphatic hydroxyl groups is 1. The third kappa shape index (κ3) is 7.80. The third-order valence-corrected chi connectivity index (χ3v) is 2.52. The largest absolute Gasteiger partial charge is 0.507 e. The summed E-state index contributed by atoms with van der Waals surface area (Å²) in [5.41, 5.74) is -0.330. The van der Waals surface area contributed by atoms with Gasteiger partial charge in [-0.2, -0.15) is 0 Å². The molecule has 0 unspecified atom stereocenters. The lowest BCUT2D eigenvalue weighted by molar-refractivity contribution is -0.886. The van der Waals surface area contributed by atoms with Crippen LogP contribution in [0.2, 0.25) is 0 Å². The Bertz CT molecular complexity index is 278.